The molecule has 0 fully saturated rings. The van der Waals surface area contributed by atoms with E-state index in [1.807, 2.05) is 60.7 Å². The van der Waals surface area contributed by atoms with Crippen LogP contribution in [0, 0.1) is 0 Å². The molecule has 4 aromatic carbocycles. The number of aryl methyl sites for hydroxylation is 2. The Kier molecular flexibility index (Phi) is 10.3. The number of fused-ring (bicyclic) bond motifs is 2. The van der Waals surface area contributed by atoms with Crippen molar-refractivity contribution in [3.63, 3.8) is 0 Å². The van der Waals surface area contributed by atoms with Gasteiger partial charge in [0.1, 0.15) is 13.1 Å². The lowest BCUT2D eigenvalue weighted by Gasteiger charge is -2.09. The first kappa shape index (κ1) is 33.0. The summed E-state index contributed by atoms with van der Waals surface area (Å²) in [5.74, 6) is -0.808. The Hall–Kier alpha value is -5.89. The lowest BCUT2D eigenvalue weighted by Crippen LogP contribution is -2.33. The predicted octanol–water partition coefficient (Wildman–Crippen LogP) is 7.93. The van der Waals surface area contributed by atoms with Gasteiger partial charge in [-0.2, -0.15) is 9.13 Å². The molecule has 0 aliphatic heterocycles. The van der Waals surface area contributed by atoms with E-state index in [1.165, 1.54) is 0 Å². The molecule has 0 saturated heterocycles. The highest BCUT2D eigenvalue weighted by atomic mass is 16.2. The third-order valence-electron chi connectivity index (χ3n) is 8.59. The van der Waals surface area contributed by atoms with E-state index in [0.717, 1.165) is 60.6 Å². The Balaban J connectivity index is 1.04. The average Bonchev–Trinajstić information content (AvgIpc) is 3.13. The van der Waals surface area contributed by atoms with Crippen LogP contribution in [-0.2, 0) is 13.1 Å². The summed E-state index contributed by atoms with van der Waals surface area (Å²) in [5, 5.41) is 10.9. The number of nitrogens with zero attached hydrogens (tertiary/aromatic N) is 2. The van der Waals surface area contributed by atoms with Crippen LogP contribution in [0.25, 0.3) is 21.8 Å². The molecule has 0 saturated carbocycles. The van der Waals surface area contributed by atoms with Crippen molar-refractivity contribution in [2.24, 2.45) is 0 Å². The summed E-state index contributed by atoms with van der Waals surface area (Å²) in [5.41, 5.74) is 5.56. The van der Waals surface area contributed by atoms with Crippen LogP contribution in [0.5, 0.6) is 0 Å². The first-order chi connectivity index (χ1) is 23.9. The minimum atomic E-state index is -0.317. The number of nitrogens with one attached hydrogen (secondary N) is 3. The Morgan fingerprint density at radius 3 is 1.27 bits per heavy atom. The third-order valence-corrected chi connectivity index (χ3v) is 8.59. The molecule has 3 amide bonds. The third kappa shape index (κ3) is 7.99. The Morgan fingerprint density at radius 2 is 0.857 bits per heavy atom. The molecule has 8 heteroatoms. The Bertz CT molecular complexity index is 2130. The largest absolute Gasteiger partial charge is 0.322 e. The van der Waals surface area contributed by atoms with Crippen LogP contribution in [0.4, 0.5) is 17.1 Å². The van der Waals surface area contributed by atoms with E-state index in [9.17, 15) is 14.4 Å². The fraction of sp³-hybridized carbons (Fsp3) is 0.195. The van der Waals surface area contributed by atoms with E-state index < -0.39 is 0 Å². The average molecular weight is 652 g/mol. The summed E-state index contributed by atoms with van der Waals surface area (Å²) in [6.07, 6.45) is 8.63. The Morgan fingerprint density at radius 1 is 0.490 bits per heavy atom. The van der Waals surface area contributed by atoms with Crippen LogP contribution < -0.4 is 25.1 Å². The van der Waals surface area contributed by atoms with E-state index in [2.05, 4.69) is 51.3 Å². The standard InChI is InChI=1S/C41H39N5O3/c1-3-5-23-45-25-7-9-32-27-35(19-21-37(32)45)43-40(48)30-13-11-29(12-14-30)39(47)42-34-17-15-31(16-18-34)41(49)44-36-20-22-38-33(28-36)10-8-26-46(38)24-6-4-2/h7-22,25-28H,3-6,23-24H2,1-2H3,(H-2,42,43,44,47,48,49)/p+2. The summed E-state index contributed by atoms with van der Waals surface area (Å²) in [4.78, 5) is 38.9. The molecule has 8 nitrogen and oxygen atoms in total. The van der Waals surface area contributed by atoms with Gasteiger partial charge in [0.25, 0.3) is 17.7 Å². The number of rotatable bonds is 12. The zero-order valence-corrected chi connectivity index (χ0v) is 27.9. The molecule has 0 aliphatic carbocycles. The van der Waals surface area contributed by atoms with Crippen molar-refractivity contribution in [2.75, 3.05) is 16.0 Å². The molecule has 3 N–H and O–H groups in total. The fourth-order valence-corrected chi connectivity index (χ4v) is 5.85. The smallest absolute Gasteiger partial charge is 0.255 e. The van der Waals surface area contributed by atoms with E-state index in [0.29, 0.717) is 33.8 Å². The SMILES string of the molecule is CCCC[n+]1cccc2cc(NC(=O)c3ccc(NC(=O)c4ccc(C(=O)Nc5ccc6c(ccc[n+]6CCCC)c5)cc4)cc3)ccc21. The maximum atomic E-state index is 13.0. The van der Waals surface area contributed by atoms with Gasteiger partial charge in [-0.05, 0) is 84.9 Å². The minimum Gasteiger partial charge on any atom is -0.322 e. The van der Waals surface area contributed by atoms with Gasteiger partial charge in [-0.25, -0.2) is 0 Å². The zero-order valence-electron chi connectivity index (χ0n) is 27.9. The van der Waals surface area contributed by atoms with Gasteiger partial charge in [0.2, 0.25) is 11.0 Å². The van der Waals surface area contributed by atoms with Crippen molar-refractivity contribution in [1.82, 2.24) is 0 Å². The molecular formula is C41H41N5O3+2. The number of anilines is 3. The van der Waals surface area contributed by atoms with E-state index in [-0.39, 0.29) is 17.7 Å². The molecule has 0 aliphatic rings. The molecule has 6 aromatic rings. The quantitative estimate of drug-likeness (QED) is 0.117. The van der Waals surface area contributed by atoms with Gasteiger partial charge < -0.3 is 16.0 Å². The number of hydrogen-bond acceptors (Lipinski definition) is 3. The molecular weight excluding hydrogens is 610 g/mol. The van der Waals surface area contributed by atoms with E-state index >= 15 is 0 Å². The van der Waals surface area contributed by atoms with Gasteiger partial charge >= 0.3 is 0 Å². The molecule has 2 heterocycles. The molecule has 246 valence electrons. The van der Waals surface area contributed by atoms with E-state index in [1.54, 1.807) is 48.5 Å². The van der Waals surface area contributed by atoms with Gasteiger partial charge in [-0.15, -0.1) is 0 Å². The summed E-state index contributed by atoms with van der Waals surface area (Å²) in [6.45, 7) is 6.26. The summed E-state index contributed by atoms with van der Waals surface area (Å²) < 4.78 is 4.47. The number of carbonyl (C=O) groups excluding carboxylic acids is 3. The van der Waals surface area contributed by atoms with Crippen LogP contribution in [0.15, 0.2) is 122 Å². The topological polar surface area (TPSA) is 95.1 Å². The lowest BCUT2D eigenvalue weighted by molar-refractivity contribution is -0.672. The Labute approximate surface area is 286 Å². The van der Waals surface area contributed by atoms with Gasteiger partial charge in [0.05, 0.1) is 0 Å². The maximum absolute atomic E-state index is 13.0. The van der Waals surface area contributed by atoms with Crippen LogP contribution in [-0.4, -0.2) is 17.7 Å². The summed E-state index contributed by atoms with van der Waals surface area (Å²) >= 11 is 0. The maximum Gasteiger partial charge on any atom is 0.255 e. The molecule has 0 spiro atoms. The number of amides is 3. The molecule has 0 unspecified atom stereocenters. The second kappa shape index (κ2) is 15.3. The van der Waals surface area contributed by atoms with Gasteiger partial charge in [0.15, 0.2) is 12.4 Å². The molecule has 2 aromatic heterocycles. The van der Waals surface area contributed by atoms with Crippen LogP contribution >= 0.6 is 0 Å². The summed E-state index contributed by atoms with van der Waals surface area (Å²) in [7, 11) is 0. The number of carbonyl (C=O) groups is 3. The van der Waals surface area contributed by atoms with Gasteiger partial charge in [-0.1, -0.05) is 26.7 Å². The first-order valence-corrected chi connectivity index (χ1v) is 16.9. The number of benzene rings is 4. The molecule has 0 bridgehead atoms. The number of aromatic nitrogens is 2. The number of pyridine rings is 2. The predicted molar refractivity (Wildman–Crippen MR) is 195 cm³/mol. The van der Waals surface area contributed by atoms with Crippen LogP contribution in [0.1, 0.15) is 70.6 Å². The molecule has 6 rings (SSSR count). The minimum absolute atomic E-state index is 0.236. The second-order valence-electron chi connectivity index (χ2n) is 12.2. The van der Waals surface area contributed by atoms with Crippen molar-refractivity contribution in [3.8, 4) is 0 Å². The number of hydrogen-bond donors (Lipinski definition) is 3. The highest BCUT2D eigenvalue weighted by Gasteiger charge is 2.14. The molecule has 0 atom stereocenters. The van der Waals surface area contributed by atoms with Crippen LogP contribution in [0.2, 0.25) is 0 Å². The number of unbranched alkanes of at least 4 members (excludes halogenated alkanes) is 2. The van der Waals surface area contributed by atoms with Gasteiger partial charge in [-0.3, -0.25) is 14.4 Å². The monoisotopic (exact) mass is 651 g/mol. The van der Waals surface area contributed by atoms with Crippen molar-refractivity contribution < 1.29 is 23.5 Å². The highest BCUT2D eigenvalue weighted by Crippen LogP contribution is 2.20. The van der Waals surface area contributed by atoms with Crippen LogP contribution in [0.3, 0.4) is 0 Å². The highest BCUT2D eigenvalue weighted by molar-refractivity contribution is 6.08. The lowest BCUT2D eigenvalue weighted by atomic mass is 10.1. The normalized spacial score (nSPS) is 11.0. The zero-order chi connectivity index (χ0) is 34.2. The molecule has 49 heavy (non-hydrogen) atoms. The van der Waals surface area contributed by atoms with E-state index in [4.69, 9.17) is 0 Å². The summed E-state index contributed by atoms with van der Waals surface area (Å²) in [6, 6.07) is 33.2. The fourth-order valence-electron chi connectivity index (χ4n) is 5.85. The van der Waals surface area contributed by atoms with Gasteiger partial charge in [0, 0.05) is 81.6 Å². The molecule has 0 radical (unpaired) electrons. The van der Waals surface area contributed by atoms with Crippen molar-refractivity contribution in [3.05, 3.63) is 138 Å². The van der Waals surface area contributed by atoms with Crippen molar-refractivity contribution >= 4 is 56.6 Å². The second-order valence-corrected chi connectivity index (χ2v) is 12.2. The van der Waals surface area contributed by atoms with Crippen molar-refractivity contribution in [1.29, 1.82) is 0 Å². The first-order valence-electron chi connectivity index (χ1n) is 16.9. The van der Waals surface area contributed by atoms with Crippen molar-refractivity contribution in [2.45, 2.75) is 52.6 Å².